The smallest absolute Gasteiger partial charge is 0.295 e. The van der Waals surface area contributed by atoms with E-state index in [9.17, 15) is 4.79 Å². The molecule has 0 aromatic heterocycles. The van der Waals surface area contributed by atoms with E-state index >= 15 is 0 Å². The second kappa shape index (κ2) is 3.25. The third-order valence-electron chi connectivity index (χ3n) is 0.158. The number of halogens is 2. The van der Waals surface area contributed by atoms with Crippen LogP contribution in [0, 0.1) is 0 Å². The summed E-state index contributed by atoms with van der Waals surface area (Å²) in [4.78, 5) is 9.22. The van der Waals surface area contributed by atoms with E-state index in [4.69, 9.17) is 23.2 Å². The molecule has 0 unspecified atom stereocenters. The van der Waals surface area contributed by atoms with Crippen molar-refractivity contribution < 1.29 is 9.53 Å². The molecule has 0 aromatic carbocycles. The standard InChI is InChI=1S/C2H2Cl2O2/c3-2(4)6-1-5/h1-2H. The van der Waals surface area contributed by atoms with E-state index in [2.05, 4.69) is 4.74 Å². The van der Waals surface area contributed by atoms with Gasteiger partial charge in [-0.05, 0) is 0 Å². The lowest BCUT2D eigenvalue weighted by Crippen LogP contribution is -1.90. The Hall–Kier alpha value is 0.0500. The van der Waals surface area contributed by atoms with E-state index in [0.717, 1.165) is 0 Å². The van der Waals surface area contributed by atoms with Crippen molar-refractivity contribution in [2.24, 2.45) is 0 Å². The molecule has 0 amide bonds. The summed E-state index contributed by atoms with van der Waals surface area (Å²) < 4.78 is 3.89. The largest absolute Gasteiger partial charge is 0.434 e. The molecular formula is C2H2Cl2O2. The first-order chi connectivity index (χ1) is 2.77. The van der Waals surface area contributed by atoms with Gasteiger partial charge in [-0.3, -0.25) is 4.79 Å². The summed E-state index contributed by atoms with van der Waals surface area (Å²) in [6, 6.07) is 0. The number of carbonyl (C=O) groups is 1. The maximum atomic E-state index is 9.22. The van der Waals surface area contributed by atoms with Crippen LogP contribution in [-0.4, -0.2) is 11.5 Å². The molecule has 0 saturated heterocycles. The van der Waals surface area contributed by atoms with Gasteiger partial charge in [0.2, 0.25) is 0 Å². The molecule has 0 aromatic rings. The van der Waals surface area contributed by atoms with Crippen LogP contribution in [0.3, 0.4) is 0 Å². The zero-order valence-corrected chi connectivity index (χ0v) is 4.24. The Morgan fingerprint density at radius 1 is 1.67 bits per heavy atom. The molecule has 0 aliphatic rings. The van der Waals surface area contributed by atoms with Gasteiger partial charge in [-0.2, -0.15) is 0 Å². The highest BCUT2D eigenvalue weighted by Gasteiger charge is 1.90. The van der Waals surface area contributed by atoms with Crippen molar-refractivity contribution in [3.63, 3.8) is 0 Å². The fraction of sp³-hybridized carbons (Fsp3) is 0.500. The molecule has 0 N–H and O–H groups in total. The summed E-state index contributed by atoms with van der Waals surface area (Å²) in [6.07, 6.45) is 0. The minimum atomic E-state index is -1.03. The van der Waals surface area contributed by atoms with E-state index < -0.39 is 5.02 Å². The summed E-state index contributed by atoms with van der Waals surface area (Å²) >= 11 is 9.78. The van der Waals surface area contributed by atoms with Gasteiger partial charge < -0.3 is 4.74 Å². The lowest BCUT2D eigenvalue weighted by atomic mass is 11.5. The molecule has 36 valence electrons. The predicted molar refractivity (Wildman–Crippen MR) is 22.6 cm³/mol. The molecule has 0 spiro atoms. The minimum Gasteiger partial charge on any atom is -0.434 e. The first-order valence-electron chi connectivity index (χ1n) is 1.14. The number of hydrogen-bond acceptors (Lipinski definition) is 2. The van der Waals surface area contributed by atoms with Crippen LogP contribution in [0.15, 0.2) is 0 Å². The van der Waals surface area contributed by atoms with Crippen molar-refractivity contribution >= 4 is 29.7 Å². The minimum absolute atomic E-state index is 0.185. The summed E-state index contributed by atoms with van der Waals surface area (Å²) in [6.45, 7) is 0.185. The number of ether oxygens (including phenoxy) is 1. The molecule has 0 radical (unpaired) electrons. The molecule has 0 saturated carbocycles. The van der Waals surface area contributed by atoms with Crippen LogP contribution in [0.2, 0.25) is 0 Å². The van der Waals surface area contributed by atoms with E-state index in [-0.39, 0.29) is 6.47 Å². The van der Waals surface area contributed by atoms with Crippen LogP contribution < -0.4 is 0 Å². The lowest BCUT2D eigenvalue weighted by Gasteiger charge is -1.90. The molecule has 6 heavy (non-hydrogen) atoms. The van der Waals surface area contributed by atoms with Crippen LogP contribution in [0.1, 0.15) is 0 Å². The van der Waals surface area contributed by atoms with E-state index in [1.54, 1.807) is 0 Å². The first kappa shape index (κ1) is 6.05. The third-order valence-corrected chi connectivity index (χ3v) is 0.364. The third kappa shape index (κ3) is 4.05. The Labute approximate surface area is 45.0 Å². The Bertz CT molecular complexity index is 44.8. The highest BCUT2D eigenvalue weighted by atomic mass is 35.5. The number of rotatable bonds is 2. The Balaban J connectivity index is 2.81. The summed E-state index contributed by atoms with van der Waals surface area (Å²) in [7, 11) is 0. The maximum Gasteiger partial charge on any atom is 0.295 e. The van der Waals surface area contributed by atoms with Gasteiger partial charge in [-0.1, -0.05) is 23.2 Å². The molecule has 2 nitrogen and oxygen atoms in total. The topological polar surface area (TPSA) is 26.3 Å². The van der Waals surface area contributed by atoms with E-state index in [1.165, 1.54) is 0 Å². The van der Waals surface area contributed by atoms with E-state index in [0.29, 0.717) is 0 Å². The summed E-state index contributed by atoms with van der Waals surface area (Å²) in [5, 5.41) is -1.03. The molecule has 0 fully saturated rings. The maximum absolute atomic E-state index is 9.22. The van der Waals surface area contributed by atoms with Gasteiger partial charge >= 0.3 is 0 Å². The highest BCUT2D eigenvalue weighted by molar-refractivity contribution is 6.43. The fourth-order valence-corrected chi connectivity index (χ4v) is 0.126. The molecule has 0 aliphatic carbocycles. The van der Waals surface area contributed by atoms with Crippen molar-refractivity contribution in [1.29, 1.82) is 0 Å². The molecule has 4 heteroatoms. The number of hydrogen-bond donors (Lipinski definition) is 0. The average molecular weight is 129 g/mol. The molecule has 0 atom stereocenters. The molecular weight excluding hydrogens is 127 g/mol. The van der Waals surface area contributed by atoms with Crippen LogP contribution in [0.5, 0.6) is 0 Å². The first-order valence-corrected chi connectivity index (χ1v) is 2.02. The van der Waals surface area contributed by atoms with Crippen LogP contribution in [0.4, 0.5) is 0 Å². The van der Waals surface area contributed by atoms with Gasteiger partial charge in [0.15, 0.2) is 0 Å². The number of carbonyl (C=O) groups excluding carboxylic acids is 1. The molecule has 0 aliphatic heterocycles. The zero-order chi connectivity index (χ0) is 4.99. The van der Waals surface area contributed by atoms with Gasteiger partial charge in [0, 0.05) is 0 Å². The highest BCUT2D eigenvalue weighted by Crippen LogP contribution is 1.98. The van der Waals surface area contributed by atoms with Crippen LogP contribution in [0.25, 0.3) is 0 Å². The average Bonchev–Trinajstić information content (AvgIpc) is 1.35. The molecule has 0 rings (SSSR count). The van der Waals surface area contributed by atoms with Gasteiger partial charge in [-0.15, -0.1) is 0 Å². The normalized spacial score (nSPS) is 8.50. The van der Waals surface area contributed by atoms with Gasteiger partial charge in [0.1, 0.15) is 0 Å². The lowest BCUT2D eigenvalue weighted by molar-refractivity contribution is -0.128. The second-order valence-electron chi connectivity index (χ2n) is 0.493. The monoisotopic (exact) mass is 128 g/mol. The predicted octanol–water partition coefficient (Wildman–Crippen LogP) is 0.921. The van der Waals surface area contributed by atoms with Gasteiger partial charge in [-0.25, -0.2) is 0 Å². The quantitative estimate of drug-likeness (QED) is 0.409. The van der Waals surface area contributed by atoms with Crippen LogP contribution >= 0.6 is 23.2 Å². The Morgan fingerprint density at radius 3 is 2.17 bits per heavy atom. The summed E-state index contributed by atoms with van der Waals surface area (Å²) in [5.41, 5.74) is 0. The second-order valence-corrected chi connectivity index (χ2v) is 1.51. The molecule has 0 bridgehead atoms. The molecule has 0 heterocycles. The van der Waals surface area contributed by atoms with Gasteiger partial charge in [0.05, 0.1) is 0 Å². The zero-order valence-electron chi connectivity index (χ0n) is 2.73. The Morgan fingerprint density at radius 2 is 2.17 bits per heavy atom. The number of alkyl halides is 2. The Kier molecular flexibility index (Phi) is 3.28. The van der Waals surface area contributed by atoms with E-state index in [1.807, 2.05) is 0 Å². The summed E-state index contributed by atoms with van der Waals surface area (Å²) in [5.74, 6) is 0. The van der Waals surface area contributed by atoms with Crippen molar-refractivity contribution in [3.05, 3.63) is 0 Å². The fourth-order valence-electron chi connectivity index (χ4n) is 0.0420. The van der Waals surface area contributed by atoms with Crippen molar-refractivity contribution in [2.45, 2.75) is 5.02 Å². The van der Waals surface area contributed by atoms with Gasteiger partial charge in [0.25, 0.3) is 11.5 Å². The van der Waals surface area contributed by atoms with Crippen molar-refractivity contribution in [3.8, 4) is 0 Å². The SMILES string of the molecule is O=COC(Cl)Cl. The van der Waals surface area contributed by atoms with Crippen molar-refractivity contribution in [1.82, 2.24) is 0 Å². The van der Waals surface area contributed by atoms with Crippen LogP contribution in [-0.2, 0) is 9.53 Å². The van der Waals surface area contributed by atoms with Crippen molar-refractivity contribution in [2.75, 3.05) is 0 Å².